The summed E-state index contributed by atoms with van der Waals surface area (Å²) >= 11 is 6.11. The van der Waals surface area contributed by atoms with Gasteiger partial charge in [0, 0.05) is 25.5 Å². The summed E-state index contributed by atoms with van der Waals surface area (Å²) in [6.07, 6.45) is 7.43. The summed E-state index contributed by atoms with van der Waals surface area (Å²) in [6, 6.07) is 1.93. The Kier molecular flexibility index (Phi) is 3.92. The zero-order valence-electron chi connectivity index (χ0n) is 11.8. The molecule has 0 saturated heterocycles. The first-order valence-corrected chi connectivity index (χ1v) is 7.42. The number of halogens is 1. The van der Waals surface area contributed by atoms with Gasteiger partial charge >= 0.3 is 0 Å². The monoisotopic (exact) mass is 304 g/mol. The molecule has 1 aliphatic rings. The van der Waals surface area contributed by atoms with Crippen LogP contribution in [0.4, 0.5) is 5.69 Å². The van der Waals surface area contributed by atoms with Crippen LogP contribution in [0.3, 0.4) is 0 Å². The first kappa shape index (κ1) is 14.1. The summed E-state index contributed by atoms with van der Waals surface area (Å²) in [7, 11) is 0. The van der Waals surface area contributed by atoms with E-state index < -0.39 is 0 Å². The summed E-state index contributed by atoms with van der Waals surface area (Å²) in [5.41, 5.74) is 2.43. The van der Waals surface area contributed by atoms with E-state index in [0.29, 0.717) is 29.7 Å². The van der Waals surface area contributed by atoms with Gasteiger partial charge in [-0.1, -0.05) is 11.6 Å². The van der Waals surface area contributed by atoms with Crippen molar-refractivity contribution in [1.82, 2.24) is 14.8 Å². The van der Waals surface area contributed by atoms with Crippen LogP contribution < -0.4 is 10.9 Å². The highest BCUT2D eigenvalue weighted by Crippen LogP contribution is 2.30. The fraction of sp³-hybridized carbons (Fsp3) is 0.400. The summed E-state index contributed by atoms with van der Waals surface area (Å²) in [5, 5.41) is 7.61. The number of anilines is 1. The number of nitrogens with one attached hydrogen (secondary N) is 1. The van der Waals surface area contributed by atoms with E-state index in [-0.39, 0.29) is 5.56 Å². The Morgan fingerprint density at radius 2 is 2.24 bits per heavy atom. The highest BCUT2D eigenvalue weighted by atomic mass is 35.5. The predicted octanol–water partition coefficient (Wildman–Crippen LogP) is 2.62. The largest absolute Gasteiger partial charge is 0.375 e. The maximum absolute atomic E-state index is 12.4. The minimum Gasteiger partial charge on any atom is -0.375 e. The molecule has 0 radical (unpaired) electrons. The van der Waals surface area contributed by atoms with Crippen molar-refractivity contribution in [3.8, 4) is 0 Å². The molecule has 1 aliphatic carbocycles. The van der Waals surface area contributed by atoms with Crippen LogP contribution in [-0.4, -0.2) is 14.8 Å². The van der Waals surface area contributed by atoms with E-state index in [2.05, 4.69) is 15.4 Å². The Bertz CT molecular complexity index is 709. The van der Waals surface area contributed by atoms with Gasteiger partial charge in [-0.05, 0) is 42.9 Å². The standard InChI is InChI=1S/C15H17ClN4O/c1-10-6-17-5-4-12(10)7-18-14-13(16)8-19-20(15(14)21)9-11-2-3-11/h4-6,8,11,18H,2-3,7,9H2,1H3. The lowest BCUT2D eigenvalue weighted by Crippen LogP contribution is -2.26. The van der Waals surface area contributed by atoms with Gasteiger partial charge in [0.2, 0.25) is 0 Å². The number of aromatic nitrogens is 3. The fourth-order valence-electron chi connectivity index (χ4n) is 2.19. The van der Waals surface area contributed by atoms with E-state index in [9.17, 15) is 4.79 Å². The van der Waals surface area contributed by atoms with Gasteiger partial charge in [0.15, 0.2) is 0 Å². The van der Waals surface area contributed by atoms with Crippen molar-refractivity contribution in [1.29, 1.82) is 0 Å². The minimum absolute atomic E-state index is 0.152. The lowest BCUT2D eigenvalue weighted by Gasteiger charge is -2.11. The first-order valence-electron chi connectivity index (χ1n) is 7.04. The smallest absolute Gasteiger partial charge is 0.291 e. The summed E-state index contributed by atoms with van der Waals surface area (Å²) in [4.78, 5) is 16.5. The Labute approximate surface area is 128 Å². The van der Waals surface area contributed by atoms with Crippen LogP contribution in [0.2, 0.25) is 5.02 Å². The van der Waals surface area contributed by atoms with Crippen LogP contribution in [0.25, 0.3) is 0 Å². The number of pyridine rings is 1. The molecule has 0 aliphatic heterocycles. The third-order valence-corrected chi connectivity index (χ3v) is 4.00. The zero-order chi connectivity index (χ0) is 14.8. The zero-order valence-corrected chi connectivity index (χ0v) is 12.6. The quantitative estimate of drug-likeness (QED) is 0.922. The molecule has 1 fully saturated rings. The lowest BCUT2D eigenvalue weighted by molar-refractivity contribution is 0.534. The van der Waals surface area contributed by atoms with E-state index in [1.807, 2.05) is 13.0 Å². The fourth-order valence-corrected chi connectivity index (χ4v) is 2.38. The Hall–Kier alpha value is -1.88. The average molecular weight is 305 g/mol. The molecule has 2 aromatic rings. The topological polar surface area (TPSA) is 59.8 Å². The van der Waals surface area contributed by atoms with Crippen molar-refractivity contribution in [2.24, 2.45) is 5.92 Å². The number of nitrogens with zero attached hydrogens (tertiary/aromatic N) is 3. The molecule has 110 valence electrons. The molecule has 0 spiro atoms. The van der Waals surface area contributed by atoms with Gasteiger partial charge in [0.1, 0.15) is 5.69 Å². The normalized spacial score (nSPS) is 14.2. The average Bonchev–Trinajstić information content (AvgIpc) is 3.28. The van der Waals surface area contributed by atoms with Gasteiger partial charge in [0.05, 0.1) is 11.2 Å². The Morgan fingerprint density at radius 3 is 2.95 bits per heavy atom. The number of rotatable bonds is 5. The van der Waals surface area contributed by atoms with Crippen LogP contribution >= 0.6 is 11.6 Å². The number of hydrogen-bond acceptors (Lipinski definition) is 4. The van der Waals surface area contributed by atoms with Crippen molar-refractivity contribution in [2.45, 2.75) is 32.9 Å². The molecular weight excluding hydrogens is 288 g/mol. The summed E-state index contributed by atoms with van der Waals surface area (Å²) in [5.74, 6) is 0.590. The van der Waals surface area contributed by atoms with Gasteiger partial charge < -0.3 is 5.32 Å². The molecule has 0 bridgehead atoms. The van der Waals surface area contributed by atoms with Crippen molar-refractivity contribution < 1.29 is 0 Å². The highest BCUT2D eigenvalue weighted by Gasteiger charge is 2.23. The first-order chi connectivity index (χ1) is 10.1. The molecule has 6 heteroatoms. The molecule has 0 atom stereocenters. The molecule has 1 saturated carbocycles. The Balaban J connectivity index is 1.81. The lowest BCUT2D eigenvalue weighted by atomic mass is 10.1. The van der Waals surface area contributed by atoms with Crippen LogP contribution in [0, 0.1) is 12.8 Å². The van der Waals surface area contributed by atoms with Crippen LogP contribution in [-0.2, 0) is 13.1 Å². The summed E-state index contributed by atoms with van der Waals surface area (Å²) < 4.78 is 1.51. The second-order valence-corrected chi connectivity index (χ2v) is 5.86. The van der Waals surface area contributed by atoms with E-state index >= 15 is 0 Å². The molecule has 0 unspecified atom stereocenters. The van der Waals surface area contributed by atoms with E-state index in [1.54, 1.807) is 12.4 Å². The summed E-state index contributed by atoms with van der Waals surface area (Å²) in [6.45, 7) is 3.21. The molecule has 0 aromatic carbocycles. The van der Waals surface area contributed by atoms with Crippen LogP contribution in [0.5, 0.6) is 0 Å². The van der Waals surface area contributed by atoms with Gasteiger partial charge in [-0.25, -0.2) is 4.68 Å². The van der Waals surface area contributed by atoms with Crippen molar-refractivity contribution in [2.75, 3.05) is 5.32 Å². The number of hydrogen-bond donors (Lipinski definition) is 1. The van der Waals surface area contributed by atoms with Gasteiger partial charge in [-0.15, -0.1) is 0 Å². The third-order valence-electron chi connectivity index (χ3n) is 3.72. The van der Waals surface area contributed by atoms with E-state index in [1.165, 1.54) is 23.7 Å². The van der Waals surface area contributed by atoms with Crippen molar-refractivity contribution in [3.63, 3.8) is 0 Å². The number of aryl methyl sites for hydroxylation is 1. The van der Waals surface area contributed by atoms with E-state index in [4.69, 9.17) is 11.6 Å². The Morgan fingerprint density at radius 1 is 1.43 bits per heavy atom. The molecule has 5 nitrogen and oxygen atoms in total. The van der Waals surface area contributed by atoms with Gasteiger partial charge in [-0.3, -0.25) is 9.78 Å². The second kappa shape index (κ2) is 5.85. The molecule has 1 N–H and O–H groups in total. The second-order valence-electron chi connectivity index (χ2n) is 5.45. The van der Waals surface area contributed by atoms with Crippen molar-refractivity contribution >= 4 is 17.3 Å². The molecule has 0 amide bonds. The molecule has 3 rings (SSSR count). The van der Waals surface area contributed by atoms with Gasteiger partial charge in [0.25, 0.3) is 5.56 Å². The molecule has 21 heavy (non-hydrogen) atoms. The minimum atomic E-state index is -0.152. The predicted molar refractivity (Wildman–Crippen MR) is 82.5 cm³/mol. The molecular formula is C15H17ClN4O. The van der Waals surface area contributed by atoms with Gasteiger partial charge in [-0.2, -0.15) is 5.10 Å². The molecule has 2 heterocycles. The SMILES string of the molecule is Cc1cnccc1CNc1c(Cl)cnn(CC2CC2)c1=O. The molecule has 2 aromatic heterocycles. The van der Waals surface area contributed by atoms with E-state index in [0.717, 1.165) is 11.1 Å². The van der Waals surface area contributed by atoms with Crippen molar-refractivity contribution in [3.05, 3.63) is 51.2 Å². The maximum Gasteiger partial charge on any atom is 0.291 e. The maximum atomic E-state index is 12.4. The highest BCUT2D eigenvalue weighted by molar-refractivity contribution is 6.32. The third kappa shape index (κ3) is 3.24. The van der Waals surface area contributed by atoms with Crippen LogP contribution in [0.1, 0.15) is 24.0 Å². The van der Waals surface area contributed by atoms with Crippen LogP contribution in [0.15, 0.2) is 29.5 Å².